The zero-order valence-corrected chi connectivity index (χ0v) is 23.1. The summed E-state index contributed by atoms with van der Waals surface area (Å²) in [5, 5.41) is 16.0. The van der Waals surface area contributed by atoms with E-state index in [9.17, 15) is 14.7 Å². The van der Waals surface area contributed by atoms with E-state index in [0.29, 0.717) is 53.6 Å². The van der Waals surface area contributed by atoms with Gasteiger partial charge in [-0.3, -0.25) is 9.59 Å². The number of aliphatic hydroxyl groups excluding tert-OH is 1. The molecular formula is C29H34N4O6. The Kier molecular flexibility index (Phi) is 8.25. The number of nitrogens with zero attached hydrogens (tertiary/aromatic N) is 4. The Morgan fingerprint density at radius 3 is 2.23 bits per heavy atom. The van der Waals surface area contributed by atoms with Crippen LogP contribution < -0.4 is 14.2 Å². The molecule has 1 unspecified atom stereocenters. The molecule has 4 rings (SSSR count). The van der Waals surface area contributed by atoms with Crippen LogP contribution in [0.25, 0.3) is 11.4 Å². The van der Waals surface area contributed by atoms with Crippen LogP contribution in [0.5, 0.6) is 17.2 Å². The van der Waals surface area contributed by atoms with Crippen molar-refractivity contribution in [2.24, 2.45) is 0 Å². The highest BCUT2D eigenvalue weighted by Crippen LogP contribution is 2.46. The molecule has 10 heteroatoms. The van der Waals surface area contributed by atoms with Crippen LogP contribution in [0.1, 0.15) is 29.3 Å². The average molecular weight is 535 g/mol. The van der Waals surface area contributed by atoms with Crippen LogP contribution in [0.4, 0.5) is 0 Å². The Hall–Kier alpha value is -4.31. The maximum Gasteiger partial charge on any atom is 0.295 e. The summed E-state index contributed by atoms with van der Waals surface area (Å²) in [6, 6.07) is 12.0. The molecular weight excluding hydrogens is 500 g/mol. The summed E-state index contributed by atoms with van der Waals surface area (Å²) < 4.78 is 18.2. The number of Topliss-reactive ketones (excluding diaryl/α,β-unsaturated/α-hetero) is 1. The summed E-state index contributed by atoms with van der Waals surface area (Å²) in [5.74, 6) is -0.599. The van der Waals surface area contributed by atoms with E-state index >= 15 is 0 Å². The van der Waals surface area contributed by atoms with Gasteiger partial charge in [-0.25, -0.2) is 4.68 Å². The predicted molar refractivity (Wildman–Crippen MR) is 147 cm³/mol. The molecule has 1 N–H and O–H groups in total. The Morgan fingerprint density at radius 2 is 1.67 bits per heavy atom. The fourth-order valence-electron chi connectivity index (χ4n) is 4.89. The highest BCUT2D eigenvalue weighted by molar-refractivity contribution is 6.46. The third kappa shape index (κ3) is 5.20. The molecule has 206 valence electrons. The number of carbonyl (C=O) groups excluding carboxylic acids is 2. The Balaban J connectivity index is 1.90. The van der Waals surface area contributed by atoms with Crippen LogP contribution in [0.3, 0.4) is 0 Å². The Labute approximate surface area is 228 Å². The number of ketones is 1. The van der Waals surface area contributed by atoms with Gasteiger partial charge in [0.05, 0.1) is 56.1 Å². The smallest absolute Gasteiger partial charge is 0.295 e. The summed E-state index contributed by atoms with van der Waals surface area (Å²) in [7, 11) is 8.38. The molecule has 1 saturated heterocycles. The van der Waals surface area contributed by atoms with Crippen molar-refractivity contribution in [3.63, 3.8) is 0 Å². The SMILES string of the molecule is COc1cc(C2/C(=C(/O)c3cnn(-c4ccccc4)c3C)C(=O)C(=O)N2CCCN(C)C)cc(OC)c1OC. The molecule has 0 saturated carbocycles. The van der Waals surface area contributed by atoms with E-state index in [4.69, 9.17) is 14.2 Å². The average Bonchev–Trinajstić information content (AvgIpc) is 3.44. The van der Waals surface area contributed by atoms with Crippen LogP contribution >= 0.6 is 0 Å². The van der Waals surface area contributed by atoms with Gasteiger partial charge >= 0.3 is 0 Å². The van der Waals surface area contributed by atoms with E-state index in [2.05, 4.69) is 5.10 Å². The molecule has 2 aromatic carbocycles. The van der Waals surface area contributed by atoms with Gasteiger partial charge in [0.1, 0.15) is 5.76 Å². The topological polar surface area (TPSA) is 106 Å². The van der Waals surface area contributed by atoms with Crippen LogP contribution in [0, 0.1) is 6.92 Å². The van der Waals surface area contributed by atoms with E-state index in [-0.39, 0.29) is 11.3 Å². The van der Waals surface area contributed by atoms with Crippen molar-refractivity contribution in [1.29, 1.82) is 0 Å². The number of methoxy groups -OCH3 is 3. The Morgan fingerprint density at radius 1 is 1.03 bits per heavy atom. The number of hydrogen-bond acceptors (Lipinski definition) is 8. The molecule has 1 aliphatic heterocycles. The number of benzene rings is 2. The zero-order valence-electron chi connectivity index (χ0n) is 23.1. The van der Waals surface area contributed by atoms with Gasteiger partial charge in [0.2, 0.25) is 5.75 Å². The highest BCUT2D eigenvalue weighted by atomic mass is 16.5. The molecule has 0 aliphatic carbocycles. The molecule has 0 bridgehead atoms. The number of carbonyl (C=O) groups is 2. The first-order valence-corrected chi connectivity index (χ1v) is 12.6. The molecule has 0 radical (unpaired) electrons. The quantitative estimate of drug-likeness (QED) is 0.239. The van der Waals surface area contributed by atoms with Gasteiger partial charge in [0, 0.05) is 6.54 Å². The molecule has 3 aromatic rings. The number of aromatic nitrogens is 2. The van der Waals surface area contributed by atoms with E-state index in [1.165, 1.54) is 32.4 Å². The summed E-state index contributed by atoms with van der Waals surface area (Å²) in [5.41, 5.74) is 2.32. The highest BCUT2D eigenvalue weighted by Gasteiger charge is 2.46. The first-order valence-electron chi connectivity index (χ1n) is 12.6. The lowest BCUT2D eigenvalue weighted by Crippen LogP contribution is -2.32. The molecule has 10 nitrogen and oxygen atoms in total. The third-order valence-electron chi connectivity index (χ3n) is 6.81. The lowest BCUT2D eigenvalue weighted by atomic mass is 9.94. The molecule has 0 spiro atoms. The number of para-hydroxylation sites is 1. The van der Waals surface area contributed by atoms with Gasteiger partial charge in [0.15, 0.2) is 11.5 Å². The lowest BCUT2D eigenvalue weighted by molar-refractivity contribution is -0.139. The molecule has 1 aliphatic rings. The minimum atomic E-state index is -0.875. The Bertz CT molecular complexity index is 1370. The number of hydrogen-bond donors (Lipinski definition) is 1. The fourth-order valence-corrected chi connectivity index (χ4v) is 4.89. The molecule has 1 fully saturated rings. The summed E-state index contributed by atoms with van der Waals surface area (Å²) >= 11 is 0. The maximum absolute atomic E-state index is 13.5. The van der Waals surface area contributed by atoms with Gasteiger partial charge in [-0.15, -0.1) is 0 Å². The van der Waals surface area contributed by atoms with Crippen molar-refractivity contribution in [2.45, 2.75) is 19.4 Å². The second-order valence-corrected chi connectivity index (χ2v) is 9.50. The van der Waals surface area contributed by atoms with Crippen molar-refractivity contribution in [1.82, 2.24) is 19.6 Å². The third-order valence-corrected chi connectivity index (χ3v) is 6.81. The molecule has 2 heterocycles. The normalized spacial score (nSPS) is 16.7. The first-order chi connectivity index (χ1) is 18.7. The summed E-state index contributed by atoms with van der Waals surface area (Å²) in [4.78, 5) is 30.4. The minimum Gasteiger partial charge on any atom is -0.507 e. The van der Waals surface area contributed by atoms with E-state index in [0.717, 1.165) is 5.69 Å². The van der Waals surface area contributed by atoms with Gasteiger partial charge in [-0.2, -0.15) is 5.10 Å². The minimum absolute atomic E-state index is 0.0187. The maximum atomic E-state index is 13.5. The molecule has 1 amide bonds. The van der Waals surface area contributed by atoms with Crippen LogP contribution in [-0.2, 0) is 9.59 Å². The van der Waals surface area contributed by atoms with Crippen LogP contribution in [-0.4, -0.2) is 84.9 Å². The monoisotopic (exact) mass is 534 g/mol. The van der Waals surface area contributed by atoms with Gasteiger partial charge in [0.25, 0.3) is 11.7 Å². The van der Waals surface area contributed by atoms with Crippen molar-refractivity contribution in [2.75, 3.05) is 48.5 Å². The second kappa shape index (κ2) is 11.6. The summed E-state index contributed by atoms with van der Waals surface area (Å²) in [6.07, 6.45) is 2.13. The van der Waals surface area contributed by atoms with Crippen molar-refractivity contribution < 1.29 is 28.9 Å². The largest absolute Gasteiger partial charge is 0.507 e. The van der Waals surface area contributed by atoms with Gasteiger partial charge in [-0.1, -0.05) is 18.2 Å². The molecule has 39 heavy (non-hydrogen) atoms. The predicted octanol–water partition coefficient (Wildman–Crippen LogP) is 3.58. The van der Waals surface area contributed by atoms with E-state index < -0.39 is 17.7 Å². The number of rotatable bonds is 10. The van der Waals surface area contributed by atoms with E-state index in [1.807, 2.05) is 49.3 Å². The summed E-state index contributed by atoms with van der Waals surface area (Å²) in [6.45, 7) is 2.83. The van der Waals surface area contributed by atoms with Gasteiger partial charge < -0.3 is 29.1 Å². The molecule has 1 aromatic heterocycles. The van der Waals surface area contributed by atoms with Crippen molar-refractivity contribution >= 4 is 17.4 Å². The van der Waals surface area contributed by atoms with Gasteiger partial charge in [-0.05, 0) is 63.8 Å². The van der Waals surface area contributed by atoms with Crippen molar-refractivity contribution in [3.05, 3.63) is 71.1 Å². The van der Waals surface area contributed by atoms with E-state index in [1.54, 1.807) is 23.7 Å². The molecule has 1 atom stereocenters. The zero-order chi connectivity index (χ0) is 28.3. The standard InChI is InChI=1S/C29H34N4O6/c1-18-21(17-30-33(18)20-11-8-7-9-12-20)26(34)24-25(32(29(36)27(24)35)14-10-13-31(2)3)19-15-22(37-4)28(39-6)23(16-19)38-5/h7-9,11-12,15-17,25,34H,10,13-14H2,1-6H3/b26-24-. The number of ether oxygens (including phenoxy) is 3. The number of amides is 1. The van der Waals surface area contributed by atoms with Crippen LogP contribution in [0.2, 0.25) is 0 Å². The fraction of sp³-hybridized carbons (Fsp3) is 0.345. The first kappa shape index (κ1) is 27.7. The lowest BCUT2D eigenvalue weighted by Gasteiger charge is -2.27. The second-order valence-electron chi connectivity index (χ2n) is 9.50. The van der Waals surface area contributed by atoms with Crippen LogP contribution in [0.15, 0.2) is 54.2 Å². The number of likely N-dealkylation sites (tertiary alicyclic amines) is 1. The van der Waals surface area contributed by atoms with Crippen molar-refractivity contribution in [3.8, 4) is 22.9 Å². The number of aliphatic hydroxyl groups is 1.